The van der Waals surface area contributed by atoms with Crippen molar-refractivity contribution < 1.29 is 14.3 Å². The van der Waals surface area contributed by atoms with Crippen molar-refractivity contribution in [1.82, 2.24) is 10.3 Å². The van der Waals surface area contributed by atoms with E-state index in [1.54, 1.807) is 26.5 Å². The number of hydrogen-bond acceptors (Lipinski definition) is 5. The molecule has 1 aromatic heterocycles. The largest absolute Gasteiger partial charge is 0.493 e. The van der Waals surface area contributed by atoms with Crippen LogP contribution in [0.25, 0.3) is 0 Å². The van der Waals surface area contributed by atoms with Crippen molar-refractivity contribution >= 4 is 11.7 Å². The van der Waals surface area contributed by atoms with Crippen LogP contribution in [0.4, 0.5) is 5.82 Å². The number of nitrogens with one attached hydrogen (secondary N) is 1. The summed E-state index contributed by atoms with van der Waals surface area (Å²) in [5.41, 5.74) is 2.78. The Balaban J connectivity index is 1.83. The summed E-state index contributed by atoms with van der Waals surface area (Å²) in [6.45, 7) is 7.45. The van der Waals surface area contributed by atoms with Crippen molar-refractivity contribution in [3.63, 3.8) is 0 Å². The number of methoxy groups -OCH3 is 2. The highest BCUT2D eigenvalue weighted by molar-refractivity contribution is 5.95. The van der Waals surface area contributed by atoms with E-state index >= 15 is 0 Å². The number of rotatable bonds is 4. The third kappa shape index (κ3) is 4.32. The van der Waals surface area contributed by atoms with E-state index in [1.807, 2.05) is 39.0 Å². The summed E-state index contributed by atoms with van der Waals surface area (Å²) in [6.07, 6.45) is 2.58. The van der Waals surface area contributed by atoms with Gasteiger partial charge >= 0.3 is 0 Å². The van der Waals surface area contributed by atoms with Gasteiger partial charge in [-0.2, -0.15) is 0 Å². The van der Waals surface area contributed by atoms with E-state index in [9.17, 15) is 4.79 Å². The standard InChI is InChI=1S/C21H27N3O3/c1-21(2,3)23-20(25)15-6-8-22-19(12-15)24-9-7-14-10-17(26-4)18(27-5)11-16(14)13-24/h6,8,10-12H,7,9,13H2,1-5H3,(H,23,25). The highest BCUT2D eigenvalue weighted by Crippen LogP contribution is 2.34. The van der Waals surface area contributed by atoms with E-state index in [0.717, 1.165) is 30.3 Å². The van der Waals surface area contributed by atoms with Gasteiger partial charge in [-0.1, -0.05) is 0 Å². The quantitative estimate of drug-likeness (QED) is 0.897. The molecule has 0 radical (unpaired) electrons. The summed E-state index contributed by atoms with van der Waals surface area (Å²) < 4.78 is 10.8. The van der Waals surface area contributed by atoms with E-state index in [4.69, 9.17) is 9.47 Å². The number of anilines is 1. The summed E-state index contributed by atoms with van der Waals surface area (Å²) in [5.74, 6) is 2.19. The molecule has 1 aromatic carbocycles. The molecule has 27 heavy (non-hydrogen) atoms. The number of benzene rings is 1. The third-order valence-corrected chi connectivity index (χ3v) is 4.54. The second-order valence-corrected chi connectivity index (χ2v) is 7.75. The number of fused-ring (bicyclic) bond motifs is 1. The minimum Gasteiger partial charge on any atom is -0.493 e. The molecule has 0 saturated heterocycles. The van der Waals surface area contributed by atoms with E-state index in [0.29, 0.717) is 12.1 Å². The Kier molecular flexibility index (Phi) is 5.26. The summed E-state index contributed by atoms with van der Waals surface area (Å²) >= 11 is 0. The van der Waals surface area contributed by atoms with Crippen LogP contribution in [0.3, 0.4) is 0 Å². The van der Waals surface area contributed by atoms with Crippen LogP contribution < -0.4 is 19.7 Å². The van der Waals surface area contributed by atoms with Crippen LogP contribution in [-0.4, -0.2) is 37.2 Å². The molecule has 2 heterocycles. The molecule has 6 nitrogen and oxygen atoms in total. The number of pyridine rings is 1. The van der Waals surface area contributed by atoms with Crippen LogP contribution in [0, 0.1) is 0 Å². The molecule has 6 heteroatoms. The fourth-order valence-electron chi connectivity index (χ4n) is 3.22. The first-order chi connectivity index (χ1) is 12.8. The van der Waals surface area contributed by atoms with Crippen LogP contribution in [0.1, 0.15) is 42.3 Å². The highest BCUT2D eigenvalue weighted by Gasteiger charge is 2.22. The van der Waals surface area contributed by atoms with Crippen LogP contribution in [0.15, 0.2) is 30.5 Å². The molecule has 0 aliphatic carbocycles. The average molecular weight is 369 g/mol. The zero-order valence-electron chi connectivity index (χ0n) is 16.6. The maximum absolute atomic E-state index is 12.5. The van der Waals surface area contributed by atoms with Gasteiger partial charge in [0.15, 0.2) is 11.5 Å². The summed E-state index contributed by atoms with van der Waals surface area (Å²) in [7, 11) is 3.29. The Hall–Kier alpha value is -2.76. The van der Waals surface area contributed by atoms with E-state index < -0.39 is 0 Å². The Morgan fingerprint density at radius 1 is 1.11 bits per heavy atom. The lowest BCUT2D eigenvalue weighted by Crippen LogP contribution is -2.40. The van der Waals surface area contributed by atoms with Gasteiger partial charge in [0, 0.05) is 30.4 Å². The van der Waals surface area contributed by atoms with Crippen molar-refractivity contribution in [3.8, 4) is 11.5 Å². The number of hydrogen-bond donors (Lipinski definition) is 1. The van der Waals surface area contributed by atoms with Gasteiger partial charge < -0.3 is 19.7 Å². The molecule has 2 aromatic rings. The molecular weight excluding hydrogens is 342 g/mol. The molecule has 3 rings (SSSR count). The van der Waals surface area contributed by atoms with Gasteiger partial charge in [-0.3, -0.25) is 4.79 Å². The fourth-order valence-corrected chi connectivity index (χ4v) is 3.22. The van der Waals surface area contributed by atoms with E-state index in [2.05, 4.69) is 15.2 Å². The number of nitrogens with zero attached hydrogens (tertiary/aromatic N) is 2. The molecule has 1 N–H and O–H groups in total. The first-order valence-electron chi connectivity index (χ1n) is 9.08. The number of carbonyl (C=O) groups excluding carboxylic acids is 1. The van der Waals surface area contributed by atoms with Gasteiger partial charge in [-0.25, -0.2) is 4.98 Å². The predicted octanol–water partition coefficient (Wildman–Crippen LogP) is 3.19. The van der Waals surface area contributed by atoms with Crippen LogP contribution in [0.2, 0.25) is 0 Å². The number of aromatic nitrogens is 1. The van der Waals surface area contributed by atoms with Gasteiger partial charge in [0.1, 0.15) is 5.82 Å². The fraction of sp³-hybridized carbons (Fsp3) is 0.429. The van der Waals surface area contributed by atoms with Gasteiger partial charge in [0.25, 0.3) is 5.91 Å². The first kappa shape index (κ1) is 19.0. The molecular formula is C21H27N3O3. The summed E-state index contributed by atoms with van der Waals surface area (Å²) in [4.78, 5) is 19.1. The first-order valence-corrected chi connectivity index (χ1v) is 9.08. The zero-order valence-corrected chi connectivity index (χ0v) is 16.6. The Bertz CT molecular complexity index is 843. The molecule has 1 aliphatic rings. The lowest BCUT2D eigenvalue weighted by atomic mass is 9.98. The maximum Gasteiger partial charge on any atom is 0.251 e. The molecule has 144 valence electrons. The topological polar surface area (TPSA) is 63.7 Å². The minimum atomic E-state index is -0.278. The lowest BCUT2D eigenvalue weighted by Gasteiger charge is -2.30. The SMILES string of the molecule is COc1cc2c(cc1OC)CN(c1cc(C(=O)NC(C)(C)C)ccn1)CC2. The smallest absolute Gasteiger partial charge is 0.251 e. The van der Waals surface area contributed by atoms with Gasteiger partial charge in [0.05, 0.1) is 14.2 Å². The second-order valence-electron chi connectivity index (χ2n) is 7.75. The molecule has 0 fully saturated rings. The van der Waals surface area contributed by atoms with Crippen molar-refractivity contribution in [2.75, 3.05) is 25.7 Å². The average Bonchev–Trinajstić information content (AvgIpc) is 2.65. The lowest BCUT2D eigenvalue weighted by molar-refractivity contribution is 0.0919. The van der Waals surface area contributed by atoms with Gasteiger partial charge in [-0.15, -0.1) is 0 Å². The molecule has 0 unspecified atom stereocenters. The molecule has 0 spiro atoms. The van der Waals surface area contributed by atoms with Crippen LogP contribution in [-0.2, 0) is 13.0 Å². The molecule has 0 bridgehead atoms. The Labute approximate surface area is 160 Å². The highest BCUT2D eigenvalue weighted by atomic mass is 16.5. The normalized spacial score (nSPS) is 13.7. The van der Waals surface area contributed by atoms with Crippen LogP contribution in [0.5, 0.6) is 11.5 Å². The van der Waals surface area contributed by atoms with Gasteiger partial charge in [0.2, 0.25) is 0 Å². The molecule has 1 amide bonds. The monoisotopic (exact) mass is 369 g/mol. The van der Waals surface area contributed by atoms with Crippen molar-refractivity contribution in [1.29, 1.82) is 0 Å². The summed E-state index contributed by atoms with van der Waals surface area (Å²) in [5, 5.41) is 2.99. The molecule has 0 saturated carbocycles. The predicted molar refractivity (Wildman–Crippen MR) is 106 cm³/mol. The van der Waals surface area contributed by atoms with Crippen molar-refractivity contribution in [2.45, 2.75) is 39.3 Å². The van der Waals surface area contributed by atoms with Gasteiger partial charge in [-0.05, 0) is 62.6 Å². The minimum absolute atomic E-state index is 0.0880. The molecule has 0 atom stereocenters. The Morgan fingerprint density at radius 3 is 2.41 bits per heavy atom. The van der Waals surface area contributed by atoms with Crippen LogP contribution >= 0.6 is 0 Å². The van der Waals surface area contributed by atoms with Crippen molar-refractivity contribution in [2.24, 2.45) is 0 Å². The van der Waals surface area contributed by atoms with Crippen molar-refractivity contribution in [3.05, 3.63) is 47.2 Å². The Morgan fingerprint density at radius 2 is 1.78 bits per heavy atom. The second kappa shape index (κ2) is 7.47. The zero-order chi connectivity index (χ0) is 19.6. The third-order valence-electron chi connectivity index (χ3n) is 4.54. The number of ether oxygens (including phenoxy) is 2. The molecule has 1 aliphatic heterocycles. The summed E-state index contributed by atoms with van der Waals surface area (Å²) in [6, 6.07) is 7.67. The number of carbonyl (C=O) groups is 1. The van der Waals surface area contributed by atoms with E-state index in [-0.39, 0.29) is 11.4 Å². The number of amides is 1. The maximum atomic E-state index is 12.5. The van der Waals surface area contributed by atoms with E-state index in [1.165, 1.54) is 11.1 Å².